The van der Waals surface area contributed by atoms with Gasteiger partial charge in [0.1, 0.15) is 11.5 Å². The van der Waals surface area contributed by atoms with E-state index in [1.165, 1.54) is 18.4 Å². The van der Waals surface area contributed by atoms with Gasteiger partial charge in [-0.1, -0.05) is 23.3 Å². The molecule has 3 aromatic rings. The standard InChI is InChI=1S/C21H20N2O3S/c1-6-9-23-17-11-13(2)10-14(3)19(17)27-21(23)22-20(24)16-12-15(25-4)7-8-18(16)26-5/h1,7-8,10-12H,9H2,2-5H3. The number of ether oxygens (including phenoxy) is 2. The summed E-state index contributed by atoms with van der Waals surface area (Å²) >= 11 is 1.45. The van der Waals surface area contributed by atoms with Gasteiger partial charge >= 0.3 is 0 Å². The van der Waals surface area contributed by atoms with Gasteiger partial charge in [0.05, 0.1) is 36.5 Å². The van der Waals surface area contributed by atoms with Crippen molar-refractivity contribution >= 4 is 27.5 Å². The molecule has 0 radical (unpaired) electrons. The van der Waals surface area contributed by atoms with Crippen LogP contribution in [-0.2, 0) is 6.54 Å². The summed E-state index contributed by atoms with van der Waals surface area (Å²) in [7, 11) is 3.06. The summed E-state index contributed by atoms with van der Waals surface area (Å²) in [5, 5.41) is 0. The SMILES string of the molecule is C#CCn1c(=NC(=O)c2cc(OC)ccc2OC)sc2c(C)cc(C)cc21. The molecule has 0 N–H and O–H groups in total. The molecule has 1 amide bonds. The number of aromatic nitrogens is 1. The Balaban J connectivity index is 2.22. The average Bonchev–Trinajstić information content (AvgIpc) is 2.99. The highest BCUT2D eigenvalue weighted by atomic mass is 32.1. The van der Waals surface area contributed by atoms with E-state index < -0.39 is 5.91 Å². The van der Waals surface area contributed by atoms with Crippen molar-refractivity contribution in [3.8, 4) is 23.8 Å². The molecule has 0 fully saturated rings. The van der Waals surface area contributed by atoms with Gasteiger partial charge in [0.25, 0.3) is 5.91 Å². The van der Waals surface area contributed by atoms with E-state index in [4.69, 9.17) is 15.9 Å². The van der Waals surface area contributed by atoms with E-state index in [1.54, 1.807) is 25.3 Å². The first-order valence-electron chi connectivity index (χ1n) is 8.33. The topological polar surface area (TPSA) is 52.8 Å². The van der Waals surface area contributed by atoms with E-state index in [9.17, 15) is 4.79 Å². The van der Waals surface area contributed by atoms with Crippen LogP contribution in [0, 0.1) is 26.2 Å². The zero-order chi connectivity index (χ0) is 19.6. The molecule has 0 unspecified atom stereocenters. The summed E-state index contributed by atoms with van der Waals surface area (Å²) in [6.45, 7) is 4.42. The second-order valence-electron chi connectivity index (χ2n) is 6.09. The molecule has 0 aliphatic heterocycles. The van der Waals surface area contributed by atoms with E-state index in [0.717, 1.165) is 21.3 Å². The quantitative estimate of drug-likeness (QED) is 0.649. The van der Waals surface area contributed by atoms with Crippen LogP contribution in [0.25, 0.3) is 10.2 Å². The van der Waals surface area contributed by atoms with Crippen molar-refractivity contribution in [2.75, 3.05) is 14.2 Å². The fourth-order valence-corrected chi connectivity index (χ4v) is 4.05. The Morgan fingerprint density at radius 1 is 1.22 bits per heavy atom. The number of hydrogen-bond acceptors (Lipinski definition) is 4. The molecule has 0 aliphatic carbocycles. The predicted octanol–water partition coefficient (Wildman–Crippen LogP) is 3.71. The van der Waals surface area contributed by atoms with Gasteiger partial charge < -0.3 is 14.0 Å². The summed E-state index contributed by atoms with van der Waals surface area (Å²) in [6.07, 6.45) is 5.55. The molecule has 5 nitrogen and oxygen atoms in total. The number of hydrogen-bond donors (Lipinski definition) is 0. The van der Waals surface area contributed by atoms with Crippen molar-refractivity contribution in [3.63, 3.8) is 0 Å². The lowest BCUT2D eigenvalue weighted by molar-refractivity contribution is 0.0994. The number of nitrogens with zero attached hydrogens (tertiary/aromatic N) is 2. The number of carbonyl (C=O) groups excluding carboxylic acids is 1. The third-order valence-electron chi connectivity index (χ3n) is 4.20. The summed E-state index contributed by atoms with van der Waals surface area (Å²) in [5.41, 5.74) is 3.60. The number of terminal acetylenes is 1. The van der Waals surface area contributed by atoms with Crippen molar-refractivity contribution in [1.29, 1.82) is 0 Å². The molecule has 0 bridgehead atoms. The maximum absolute atomic E-state index is 12.9. The minimum Gasteiger partial charge on any atom is -0.497 e. The van der Waals surface area contributed by atoms with Crippen LogP contribution in [0.15, 0.2) is 35.3 Å². The molecule has 0 aliphatic rings. The Kier molecular flexibility index (Phi) is 5.33. The third-order valence-corrected chi connectivity index (χ3v) is 5.43. The second kappa shape index (κ2) is 7.68. The molecule has 0 saturated heterocycles. The fraction of sp³-hybridized carbons (Fsp3) is 0.238. The maximum atomic E-state index is 12.9. The summed E-state index contributed by atoms with van der Waals surface area (Å²) in [4.78, 5) is 17.8. The lowest BCUT2D eigenvalue weighted by atomic mass is 10.1. The number of methoxy groups -OCH3 is 2. The third kappa shape index (κ3) is 3.60. The van der Waals surface area contributed by atoms with E-state index >= 15 is 0 Å². The highest BCUT2D eigenvalue weighted by Gasteiger charge is 2.15. The largest absolute Gasteiger partial charge is 0.497 e. The van der Waals surface area contributed by atoms with Crippen LogP contribution in [0.3, 0.4) is 0 Å². The van der Waals surface area contributed by atoms with E-state index in [2.05, 4.69) is 23.0 Å². The highest BCUT2D eigenvalue weighted by Crippen LogP contribution is 2.26. The van der Waals surface area contributed by atoms with Gasteiger partial charge in [-0.15, -0.1) is 6.42 Å². The van der Waals surface area contributed by atoms with E-state index in [0.29, 0.717) is 28.4 Å². The number of aryl methyl sites for hydroxylation is 2. The molecule has 0 saturated carbocycles. The Morgan fingerprint density at radius 3 is 2.67 bits per heavy atom. The van der Waals surface area contributed by atoms with Crippen LogP contribution < -0.4 is 14.3 Å². The van der Waals surface area contributed by atoms with Gasteiger partial charge in [-0.05, 0) is 49.2 Å². The zero-order valence-corrected chi connectivity index (χ0v) is 16.5. The number of fused-ring (bicyclic) bond motifs is 1. The summed E-state index contributed by atoms with van der Waals surface area (Å²) in [6, 6.07) is 9.22. The monoisotopic (exact) mass is 380 g/mol. The minimum absolute atomic E-state index is 0.338. The number of amides is 1. The Labute approximate surface area is 161 Å². The Hall–Kier alpha value is -3.04. The van der Waals surface area contributed by atoms with Crippen LogP contribution in [0.5, 0.6) is 11.5 Å². The lowest BCUT2D eigenvalue weighted by Gasteiger charge is -2.07. The van der Waals surface area contributed by atoms with Crippen molar-refractivity contribution in [1.82, 2.24) is 4.57 Å². The molecule has 6 heteroatoms. The Morgan fingerprint density at radius 2 is 2.00 bits per heavy atom. The molecule has 3 rings (SSSR count). The molecule has 0 atom stereocenters. The minimum atomic E-state index is -0.405. The molecular weight excluding hydrogens is 360 g/mol. The van der Waals surface area contributed by atoms with Gasteiger partial charge in [-0.3, -0.25) is 4.79 Å². The van der Waals surface area contributed by atoms with Crippen molar-refractivity contribution in [3.05, 3.63) is 51.8 Å². The van der Waals surface area contributed by atoms with Crippen LogP contribution in [0.4, 0.5) is 0 Å². The highest BCUT2D eigenvalue weighted by molar-refractivity contribution is 7.16. The first-order valence-corrected chi connectivity index (χ1v) is 9.15. The number of benzene rings is 2. The molecule has 27 heavy (non-hydrogen) atoms. The van der Waals surface area contributed by atoms with Gasteiger partial charge in [0.2, 0.25) is 0 Å². The Bertz CT molecular complexity index is 1130. The van der Waals surface area contributed by atoms with Gasteiger partial charge in [0, 0.05) is 0 Å². The van der Waals surface area contributed by atoms with Crippen molar-refractivity contribution in [2.24, 2.45) is 4.99 Å². The van der Waals surface area contributed by atoms with Crippen LogP contribution in [-0.4, -0.2) is 24.7 Å². The summed E-state index contributed by atoms with van der Waals surface area (Å²) in [5.74, 6) is 3.25. The molecule has 138 valence electrons. The second-order valence-corrected chi connectivity index (χ2v) is 7.07. The molecule has 0 spiro atoms. The predicted molar refractivity (Wildman–Crippen MR) is 108 cm³/mol. The van der Waals surface area contributed by atoms with Crippen molar-refractivity contribution < 1.29 is 14.3 Å². The molecule has 1 heterocycles. The first-order chi connectivity index (χ1) is 13.0. The average molecular weight is 380 g/mol. The number of rotatable bonds is 4. The normalized spacial score (nSPS) is 11.4. The van der Waals surface area contributed by atoms with Crippen LogP contribution in [0.1, 0.15) is 21.5 Å². The van der Waals surface area contributed by atoms with E-state index in [1.807, 2.05) is 18.4 Å². The number of thiazole rings is 1. The molecule has 2 aromatic carbocycles. The van der Waals surface area contributed by atoms with Crippen LogP contribution >= 0.6 is 11.3 Å². The molecular formula is C21H20N2O3S. The smallest absolute Gasteiger partial charge is 0.283 e. The maximum Gasteiger partial charge on any atom is 0.283 e. The van der Waals surface area contributed by atoms with Gasteiger partial charge in [-0.25, -0.2) is 0 Å². The lowest BCUT2D eigenvalue weighted by Crippen LogP contribution is -2.16. The zero-order valence-electron chi connectivity index (χ0n) is 15.7. The summed E-state index contributed by atoms with van der Waals surface area (Å²) < 4.78 is 13.5. The first kappa shape index (κ1) is 18.7. The van der Waals surface area contributed by atoms with Crippen molar-refractivity contribution in [2.45, 2.75) is 20.4 Å². The number of carbonyl (C=O) groups is 1. The van der Waals surface area contributed by atoms with Gasteiger partial charge in [-0.2, -0.15) is 4.99 Å². The van der Waals surface area contributed by atoms with Crippen LogP contribution in [0.2, 0.25) is 0 Å². The fourth-order valence-electron chi connectivity index (χ4n) is 2.97. The van der Waals surface area contributed by atoms with E-state index in [-0.39, 0.29) is 0 Å². The van der Waals surface area contributed by atoms with Gasteiger partial charge in [0.15, 0.2) is 4.80 Å². The molecule has 1 aromatic heterocycles.